The standard InChI is InChI=1S/C10H13FN2O/c1-9(14)13(7-5-11)8-10-4-2-3-6-12-10/h2-4,6H,5,7-8H2,1H3. The molecular weight excluding hydrogens is 183 g/mol. The van der Waals surface area contributed by atoms with Crippen molar-refractivity contribution >= 4 is 5.91 Å². The Hall–Kier alpha value is -1.45. The van der Waals surface area contributed by atoms with E-state index in [1.807, 2.05) is 12.1 Å². The molecule has 0 aliphatic carbocycles. The van der Waals surface area contributed by atoms with Crippen molar-refractivity contribution in [3.8, 4) is 0 Å². The van der Waals surface area contributed by atoms with Gasteiger partial charge >= 0.3 is 0 Å². The molecule has 0 aromatic carbocycles. The fraction of sp³-hybridized carbons (Fsp3) is 0.400. The Morgan fingerprint density at radius 2 is 2.36 bits per heavy atom. The van der Waals surface area contributed by atoms with E-state index in [1.54, 1.807) is 12.3 Å². The Balaban J connectivity index is 2.60. The molecule has 1 amide bonds. The Labute approximate surface area is 82.6 Å². The predicted molar refractivity (Wildman–Crippen MR) is 51.3 cm³/mol. The zero-order valence-electron chi connectivity index (χ0n) is 8.11. The molecule has 1 heterocycles. The molecule has 0 bridgehead atoms. The van der Waals surface area contributed by atoms with Crippen molar-refractivity contribution in [2.24, 2.45) is 0 Å². The summed E-state index contributed by atoms with van der Waals surface area (Å²) in [6, 6.07) is 5.46. The molecule has 1 aromatic rings. The second kappa shape index (κ2) is 5.32. The van der Waals surface area contributed by atoms with Crippen LogP contribution in [0.5, 0.6) is 0 Å². The van der Waals surface area contributed by atoms with Crippen LogP contribution in [0.1, 0.15) is 12.6 Å². The molecule has 0 spiro atoms. The normalized spacial score (nSPS) is 9.86. The minimum Gasteiger partial charge on any atom is -0.334 e. The van der Waals surface area contributed by atoms with E-state index in [2.05, 4.69) is 4.98 Å². The van der Waals surface area contributed by atoms with Crippen LogP contribution in [-0.4, -0.2) is 29.0 Å². The minimum absolute atomic E-state index is 0.131. The van der Waals surface area contributed by atoms with Gasteiger partial charge in [-0.25, -0.2) is 4.39 Å². The number of hydrogen-bond donors (Lipinski definition) is 0. The lowest BCUT2D eigenvalue weighted by atomic mass is 10.3. The fourth-order valence-corrected chi connectivity index (χ4v) is 1.14. The van der Waals surface area contributed by atoms with Gasteiger partial charge in [0.05, 0.1) is 12.2 Å². The van der Waals surface area contributed by atoms with Crippen LogP contribution < -0.4 is 0 Å². The van der Waals surface area contributed by atoms with Gasteiger partial charge in [-0.05, 0) is 12.1 Å². The van der Waals surface area contributed by atoms with E-state index < -0.39 is 6.67 Å². The average Bonchev–Trinajstić information content (AvgIpc) is 2.18. The fourth-order valence-electron chi connectivity index (χ4n) is 1.14. The van der Waals surface area contributed by atoms with Gasteiger partial charge in [0.15, 0.2) is 0 Å². The Kier molecular flexibility index (Phi) is 4.04. The molecule has 4 heteroatoms. The summed E-state index contributed by atoms with van der Waals surface area (Å²) in [6.07, 6.45) is 1.66. The molecule has 1 rings (SSSR count). The number of halogens is 1. The van der Waals surface area contributed by atoms with Crippen molar-refractivity contribution in [2.45, 2.75) is 13.5 Å². The maximum absolute atomic E-state index is 12.1. The highest BCUT2D eigenvalue weighted by Crippen LogP contribution is 2.01. The van der Waals surface area contributed by atoms with Crippen LogP contribution in [0, 0.1) is 0 Å². The molecular formula is C10H13FN2O. The van der Waals surface area contributed by atoms with Crippen LogP contribution in [0.25, 0.3) is 0 Å². The summed E-state index contributed by atoms with van der Waals surface area (Å²) in [5, 5.41) is 0. The third-order valence-corrected chi connectivity index (χ3v) is 1.88. The number of aromatic nitrogens is 1. The van der Waals surface area contributed by atoms with Gasteiger partial charge in [-0.2, -0.15) is 0 Å². The zero-order valence-corrected chi connectivity index (χ0v) is 8.11. The summed E-state index contributed by atoms with van der Waals surface area (Å²) in [5.74, 6) is -0.131. The van der Waals surface area contributed by atoms with Crippen LogP contribution in [0.15, 0.2) is 24.4 Å². The highest BCUT2D eigenvalue weighted by Gasteiger charge is 2.08. The zero-order chi connectivity index (χ0) is 10.4. The van der Waals surface area contributed by atoms with Crippen LogP contribution >= 0.6 is 0 Å². The van der Waals surface area contributed by atoms with E-state index in [0.29, 0.717) is 6.54 Å². The molecule has 3 nitrogen and oxygen atoms in total. The number of hydrogen-bond acceptors (Lipinski definition) is 2. The first-order valence-corrected chi connectivity index (χ1v) is 4.45. The van der Waals surface area contributed by atoms with E-state index in [0.717, 1.165) is 5.69 Å². The molecule has 0 saturated carbocycles. The van der Waals surface area contributed by atoms with E-state index in [4.69, 9.17) is 0 Å². The number of carbonyl (C=O) groups is 1. The average molecular weight is 196 g/mol. The van der Waals surface area contributed by atoms with E-state index in [-0.39, 0.29) is 12.5 Å². The van der Waals surface area contributed by atoms with Gasteiger partial charge in [-0.15, -0.1) is 0 Å². The van der Waals surface area contributed by atoms with Crippen molar-refractivity contribution in [2.75, 3.05) is 13.2 Å². The molecule has 0 N–H and O–H groups in total. The number of pyridine rings is 1. The molecule has 14 heavy (non-hydrogen) atoms. The van der Waals surface area contributed by atoms with Gasteiger partial charge in [0.2, 0.25) is 5.91 Å². The SMILES string of the molecule is CC(=O)N(CCF)Cc1ccccn1. The maximum Gasteiger partial charge on any atom is 0.219 e. The molecule has 0 aliphatic heterocycles. The number of nitrogens with zero attached hydrogens (tertiary/aromatic N) is 2. The molecule has 0 fully saturated rings. The van der Waals surface area contributed by atoms with Crippen molar-refractivity contribution in [3.05, 3.63) is 30.1 Å². The van der Waals surface area contributed by atoms with Crippen molar-refractivity contribution < 1.29 is 9.18 Å². The highest BCUT2D eigenvalue weighted by molar-refractivity contribution is 5.73. The molecule has 0 atom stereocenters. The molecule has 0 unspecified atom stereocenters. The first-order chi connectivity index (χ1) is 6.74. The van der Waals surface area contributed by atoms with Crippen LogP contribution in [-0.2, 0) is 11.3 Å². The third kappa shape index (κ3) is 3.12. The Bertz CT molecular complexity index is 289. The van der Waals surface area contributed by atoms with Gasteiger partial charge in [0.25, 0.3) is 0 Å². The van der Waals surface area contributed by atoms with E-state index >= 15 is 0 Å². The summed E-state index contributed by atoms with van der Waals surface area (Å²) >= 11 is 0. The molecule has 0 aliphatic rings. The van der Waals surface area contributed by atoms with E-state index in [1.165, 1.54) is 11.8 Å². The van der Waals surface area contributed by atoms with Crippen LogP contribution in [0.3, 0.4) is 0 Å². The number of carbonyl (C=O) groups excluding carboxylic acids is 1. The number of rotatable bonds is 4. The topological polar surface area (TPSA) is 33.2 Å². The summed E-state index contributed by atoms with van der Waals surface area (Å²) in [5.41, 5.74) is 0.774. The molecule has 1 aromatic heterocycles. The van der Waals surface area contributed by atoms with Gasteiger partial charge in [0, 0.05) is 19.7 Å². The lowest BCUT2D eigenvalue weighted by molar-refractivity contribution is -0.129. The first-order valence-electron chi connectivity index (χ1n) is 4.45. The summed E-state index contributed by atoms with van der Waals surface area (Å²) in [4.78, 5) is 16.6. The van der Waals surface area contributed by atoms with Crippen molar-refractivity contribution in [1.29, 1.82) is 0 Å². The maximum atomic E-state index is 12.1. The first kappa shape index (κ1) is 10.6. The summed E-state index contributed by atoms with van der Waals surface area (Å²) < 4.78 is 12.1. The third-order valence-electron chi connectivity index (χ3n) is 1.88. The second-order valence-corrected chi connectivity index (χ2v) is 2.95. The number of amides is 1. The minimum atomic E-state index is -0.521. The largest absolute Gasteiger partial charge is 0.334 e. The molecule has 0 saturated heterocycles. The lowest BCUT2D eigenvalue weighted by Gasteiger charge is -2.18. The summed E-state index contributed by atoms with van der Waals surface area (Å²) in [7, 11) is 0. The van der Waals surface area contributed by atoms with Gasteiger partial charge in [0.1, 0.15) is 6.67 Å². The van der Waals surface area contributed by atoms with Crippen molar-refractivity contribution in [3.63, 3.8) is 0 Å². The monoisotopic (exact) mass is 196 g/mol. The molecule has 0 radical (unpaired) electrons. The van der Waals surface area contributed by atoms with E-state index in [9.17, 15) is 9.18 Å². The second-order valence-electron chi connectivity index (χ2n) is 2.95. The predicted octanol–water partition coefficient (Wildman–Crippen LogP) is 1.40. The van der Waals surface area contributed by atoms with Gasteiger partial charge in [-0.3, -0.25) is 9.78 Å². The lowest BCUT2D eigenvalue weighted by Crippen LogP contribution is -2.30. The summed E-state index contributed by atoms with van der Waals surface area (Å²) in [6.45, 7) is 1.41. The quantitative estimate of drug-likeness (QED) is 0.729. The van der Waals surface area contributed by atoms with Gasteiger partial charge in [-0.1, -0.05) is 6.07 Å². The number of alkyl halides is 1. The Morgan fingerprint density at radius 1 is 1.57 bits per heavy atom. The highest BCUT2D eigenvalue weighted by atomic mass is 19.1. The molecule has 76 valence electrons. The smallest absolute Gasteiger partial charge is 0.219 e. The van der Waals surface area contributed by atoms with Gasteiger partial charge < -0.3 is 4.90 Å². The van der Waals surface area contributed by atoms with Crippen molar-refractivity contribution in [1.82, 2.24) is 9.88 Å². The van der Waals surface area contributed by atoms with Crippen LogP contribution in [0.2, 0.25) is 0 Å². The van der Waals surface area contributed by atoms with Crippen LogP contribution in [0.4, 0.5) is 4.39 Å². The Morgan fingerprint density at radius 3 is 2.86 bits per heavy atom.